The highest BCUT2D eigenvalue weighted by atomic mass is 16.5. The molecule has 1 unspecified atom stereocenters. The van der Waals surface area contributed by atoms with Crippen LogP contribution in [0.5, 0.6) is 0 Å². The number of hydrogen-bond donors (Lipinski definition) is 2. The van der Waals surface area contributed by atoms with Crippen molar-refractivity contribution in [1.29, 1.82) is 0 Å². The Balaban J connectivity index is 2.60. The Kier molecular flexibility index (Phi) is 5.44. The number of aliphatic hydroxyl groups is 1. The molecule has 19 heavy (non-hydrogen) atoms. The maximum absolute atomic E-state index is 12.0. The summed E-state index contributed by atoms with van der Waals surface area (Å²) in [5.41, 5.74) is 1.13. The minimum Gasteiger partial charge on any atom is -0.388 e. The third kappa shape index (κ3) is 4.96. The number of methoxy groups -OCH3 is 1. The topological polar surface area (TPSA) is 71.5 Å². The van der Waals surface area contributed by atoms with Crippen LogP contribution in [0.1, 0.15) is 35.1 Å². The van der Waals surface area contributed by atoms with Gasteiger partial charge in [-0.05, 0) is 32.9 Å². The maximum atomic E-state index is 12.0. The highest BCUT2D eigenvalue weighted by molar-refractivity contribution is 5.95. The van der Waals surface area contributed by atoms with Crippen LogP contribution in [-0.2, 0) is 4.74 Å². The molecular weight excluding hydrogens is 244 g/mol. The Bertz CT molecular complexity index is 444. The number of hydrogen-bond acceptors (Lipinski definition) is 4. The van der Waals surface area contributed by atoms with E-state index in [-0.39, 0.29) is 12.5 Å². The molecule has 5 heteroatoms. The number of carbonyl (C=O) groups is 1. The molecule has 1 heterocycles. The molecule has 0 spiro atoms. The number of nitrogens with zero attached hydrogens (tertiary/aromatic N) is 1. The van der Waals surface area contributed by atoms with Gasteiger partial charge >= 0.3 is 0 Å². The van der Waals surface area contributed by atoms with Crippen molar-refractivity contribution < 1.29 is 14.6 Å². The molecule has 0 aliphatic rings. The molecule has 0 aromatic carbocycles. The number of nitrogens with one attached hydrogen (secondary N) is 1. The third-order valence-corrected chi connectivity index (χ3v) is 2.94. The number of rotatable bonds is 6. The Morgan fingerprint density at radius 2 is 2.16 bits per heavy atom. The molecule has 0 aliphatic carbocycles. The molecule has 0 aliphatic heterocycles. The van der Waals surface area contributed by atoms with Crippen LogP contribution in [0.2, 0.25) is 0 Å². The molecule has 106 valence electrons. The minimum atomic E-state index is -0.975. The van der Waals surface area contributed by atoms with E-state index in [2.05, 4.69) is 10.3 Å². The summed E-state index contributed by atoms with van der Waals surface area (Å²) in [5, 5.41) is 12.8. The van der Waals surface area contributed by atoms with Gasteiger partial charge in [-0.2, -0.15) is 0 Å². The molecule has 0 fully saturated rings. The molecule has 0 saturated carbocycles. The summed E-state index contributed by atoms with van der Waals surface area (Å²) >= 11 is 0. The van der Waals surface area contributed by atoms with E-state index < -0.39 is 5.60 Å². The largest absolute Gasteiger partial charge is 0.388 e. The lowest BCUT2D eigenvalue weighted by Gasteiger charge is -2.23. The summed E-state index contributed by atoms with van der Waals surface area (Å²) in [5.74, 6) is -0.220. The molecule has 0 radical (unpaired) electrons. The standard InChI is InChI=1S/C14H22N2O3/c1-10-5-6-12(11(2)16-10)13(17)15-9-14(3,18)7-8-19-4/h5-6,18H,7-9H2,1-4H3,(H,15,17). The van der Waals surface area contributed by atoms with E-state index in [1.54, 1.807) is 33.1 Å². The summed E-state index contributed by atoms with van der Waals surface area (Å²) in [4.78, 5) is 16.2. The Morgan fingerprint density at radius 3 is 2.74 bits per heavy atom. The van der Waals surface area contributed by atoms with Gasteiger partial charge in [-0.3, -0.25) is 9.78 Å². The first-order chi connectivity index (χ1) is 8.85. The van der Waals surface area contributed by atoms with Crippen LogP contribution in [0.3, 0.4) is 0 Å². The summed E-state index contributed by atoms with van der Waals surface area (Å²) < 4.78 is 4.92. The number of carbonyl (C=O) groups excluding carboxylic acids is 1. The smallest absolute Gasteiger partial charge is 0.253 e. The van der Waals surface area contributed by atoms with E-state index in [0.29, 0.717) is 24.3 Å². The zero-order valence-corrected chi connectivity index (χ0v) is 12.0. The molecule has 1 aromatic rings. The minimum absolute atomic E-state index is 0.183. The van der Waals surface area contributed by atoms with E-state index in [1.807, 2.05) is 6.92 Å². The van der Waals surface area contributed by atoms with E-state index >= 15 is 0 Å². The van der Waals surface area contributed by atoms with Crippen molar-refractivity contribution in [3.8, 4) is 0 Å². The highest BCUT2D eigenvalue weighted by Gasteiger charge is 2.21. The van der Waals surface area contributed by atoms with Gasteiger partial charge in [0.2, 0.25) is 0 Å². The second-order valence-corrected chi connectivity index (χ2v) is 5.01. The number of ether oxygens (including phenoxy) is 1. The van der Waals surface area contributed by atoms with E-state index in [1.165, 1.54) is 0 Å². The fourth-order valence-corrected chi connectivity index (χ4v) is 1.70. The van der Waals surface area contributed by atoms with Crippen LogP contribution >= 0.6 is 0 Å². The first-order valence-electron chi connectivity index (χ1n) is 6.29. The van der Waals surface area contributed by atoms with E-state index in [0.717, 1.165) is 5.69 Å². The summed E-state index contributed by atoms with van der Waals surface area (Å²) in [6.07, 6.45) is 0.467. The van der Waals surface area contributed by atoms with Crippen LogP contribution < -0.4 is 5.32 Å². The Labute approximate surface area is 114 Å². The fourth-order valence-electron chi connectivity index (χ4n) is 1.70. The Morgan fingerprint density at radius 1 is 1.47 bits per heavy atom. The summed E-state index contributed by atoms with van der Waals surface area (Å²) in [7, 11) is 1.58. The van der Waals surface area contributed by atoms with E-state index in [4.69, 9.17) is 4.74 Å². The monoisotopic (exact) mass is 266 g/mol. The second-order valence-electron chi connectivity index (χ2n) is 5.01. The van der Waals surface area contributed by atoms with Crippen LogP contribution in [0.15, 0.2) is 12.1 Å². The second kappa shape index (κ2) is 6.63. The lowest BCUT2D eigenvalue weighted by Crippen LogP contribution is -2.41. The van der Waals surface area contributed by atoms with Gasteiger partial charge in [0.1, 0.15) is 0 Å². The predicted octanol–water partition coefficient (Wildman–Crippen LogP) is 1.22. The SMILES string of the molecule is COCCC(C)(O)CNC(=O)c1ccc(C)nc1C. The molecule has 2 N–H and O–H groups in total. The van der Waals surface area contributed by atoms with Crippen LogP contribution in [0.4, 0.5) is 0 Å². The molecule has 5 nitrogen and oxygen atoms in total. The molecule has 0 bridgehead atoms. The molecule has 1 rings (SSSR count). The zero-order valence-electron chi connectivity index (χ0n) is 12.0. The van der Waals surface area contributed by atoms with Gasteiger partial charge in [0.05, 0.1) is 16.9 Å². The van der Waals surface area contributed by atoms with Gasteiger partial charge in [-0.1, -0.05) is 0 Å². The first-order valence-corrected chi connectivity index (χ1v) is 6.29. The van der Waals surface area contributed by atoms with Crippen molar-refractivity contribution in [2.45, 2.75) is 32.8 Å². The number of aryl methyl sites for hydroxylation is 2. The molecular formula is C14H22N2O3. The number of aromatic nitrogens is 1. The molecule has 1 atom stereocenters. The van der Waals surface area contributed by atoms with Crippen molar-refractivity contribution in [3.63, 3.8) is 0 Å². The molecule has 0 saturated heterocycles. The molecule has 1 amide bonds. The number of pyridine rings is 1. The summed E-state index contributed by atoms with van der Waals surface area (Å²) in [6.45, 7) is 5.98. The van der Waals surface area contributed by atoms with Crippen molar-refractivity contribution >= 4 is 5.91 Å². The zero-order chi connectivity index (χ0) is 14.5. The van der Waals surface area contributed by atoms with Crippen molar-refractivity contribution in [1.82, 2.24) is 10.3 Å². The number of amides is 1. The van der Waals surface area contributed by atoms with Crippen molar-refractivity contribution in [2.75, 3.05) is 20.3 Å². The first kappa shape index (κ1) is 15.6. The van der Waals surface area contributed by atoms with Gasteiger partial charge in [-0.15, -0.1) is 0 Å². The van der Waals surface area contributed by atoms with Crippen LogP contribution in [0, 0.1) is 13.8 Å². The van der Waals surface area contributed by atoms with Gasteiger partial charge in [0.25, 0.3) is 5.91 Å². The predicted molar refractivity (Wildman–Crippen MR) is 73.2 cm³/mol. The highest BCUT2D eigenvalue weighted by Crippen LogP contribution is 2.10. The van der Waals surface area contributed by atoms with Crippen molar-refractivity contribution in [2.24, 2.45) is 0 Å². The Hall–Kier alpha value is -1.46. The maximum Gasteiger partial charge on any atom is 0.253 e. The van der Waals surface area contributed by atoms with Gasteiger partial charge < -0.3 is 15.2 Å². The molecule has 1 aromatic heterocycles. The average Bonchev–Trinajstić information content (AvgIpc) is 2.34. The lowest BCUT2D eigenvalue weighted by atomic mass is 10.0. The third-order valence-electron chi connectivity index (χ3n) is 2.94. The average molecular weight is 266 g/mol. The fraction of sp³-hybridized carbons (Fsp3) is 0.571. The van der Waals surface area contributed by atoms with Gasteiger partial charge in [-0.25, -0.2) is 0 Å². The normalized spacial score (nSPS) is 13.9. The van der Waals surface area contributed by atoms with Crippen molar-refractivity contribution in [3.05, 3.63) is 29.1 Å². The quantitative estimate of drug-likeness (QED) is 0.812. The van der Waals surface area contributed by atoms with Gasteiger partial charge in [0.15, 0.2) is 0 Å². The van der Waals surface area contributed by atoms with Gasteiger partial charge in [0, 0.05) is 32.4 Å². The van der Waals surface area contributed by atoms with Crippen LogP contribution in [0.25, 0.3) is 0 Å². The summed E-state index contributed by atoms with van der Waals surface area (Å²) in [6, 6.07) is 3.54. The lowest BCUT2D eigenvalue weighted by molar-refractivity contribution is 0.0243. The van der Waals surface area contributed by atoms with Crippen LogP contribution in [-0.4, -0.2) is 41.9 Å². The van der Waals surface area contributed by atoms with E-state index in [9.17, 15) is 9.90 Å².